The van der Waals surface area contributed by atoms with Gasteiger partial charge in [-0.1, -0.05) is 0 Å². The molecule has 1 aliphatic heterocycles. The highest BCUT2D eigenvalue weighted by Gasteiger charge is 2.27. The van der Waals surface area contributed by atoms with Crippen LogP contribution in [-0.2, 0) is 0 Å². The van der Waals surface area contributed by atoms with Crippen LogP contribution in [0.2, 0.25) is 0 Å². The number of likely N-dealkylation sites (tertiary alicyclic amines) is 1. The summed E-state index contributed by atoms with van der Waals surface area (Å²) in [5.74, 6) is 0.780. The van der Waals surface area contributed by atoms with Crippen molar-refractivity contribution in [2.24, 2.45) is 0 Å². The number of nitrogens with zero attached hydrogens (tertiary/aromatic N) is 3. The molecular formula is C16H21N3O2S. The highest BCUT2D eigenvalue weighted by atomic mass is 32.1. The van der Waals surface area contributed by atoms with Gasteiger partial charge in [0.15, 0.2) is 0 Å². The molecule has 0 radical (unpaired) electrons. The molecule has 5 nitrogen and oxygen atoms in total. The second-order valence-corrected chi connectivity index (χ2v) is 7.03. The second kappa shape index (κ2) is 6.12. The second-order valence-electron chi connectivity index (χ2n) is 5.78. The van der Waals surface area contributed by atoms with E-state index in [9.17, 15) is 4.79 Å². The molecular weight excluding hydrogens is 298 g/mol. The molecule has 2 aromatic rings. The normalized spacial score (nSPS) is 16.0. The number of rotatable bonds is 3. The van der Waals surface area contributed by atoms with Crippen molar-refractivity contribution < 1.29 is 9.53 Å². The van der Waals surface area contributed by atoms with Crippen molar-refractivity contribution in [2.45, 2.75) is 32.7 Å². The molecule has 22 heavy (non-hydrogen) atoms. The van der Waals surface area contributed by atoms with E-state index in [-0.39, 0.29) is 5.91 Å². The minimum Gasteiger partial charge on any atom is -0.495 e. The Morgan fingerprint density at radius 1 is 1.36 bits per heavy atom. The number of hydrogen-bond acceptors (Lipinski definition) is 4. The molecule has 1 fully saturated rings. The lowest BCUT2D eigenvalue weighted by atomic mass is 10.1. The molecule has 2 aromatic heterocycles. The molecule has 0 aromatic carbocycles. The minimum absolute atomic E-state index is 0.0880. The summed E-state index contributed by atoms with van der Waals surface area (Å²) in [5.41, 5.74) is 1.18. The number of hydrogen-bond donors (Lipinski definition) is 0. The third-order valence-corrected chi connectivity index (χ3v) is 5.11. The Balaban J connectivity index is 1.67. The van der Waals surface area contributed by atoms with Gasteiger partial charge in [0.1, 0.15) is 10.6 Å². The SMILES string of the molecule is COc1cc(C)sc1C(=O)N1CCC(n2cc(C)cn2)CC1. The fraction of sp³-hybridized carbons (Fsp3) is 0.500. The van der Waals surface area contributed by atoms with E-state index in [1.165, 1.54) is 16.9 Å². The molecule has 1 saturated heterocycles. The van der Waals surface area contributed by atoms with Crippen LogP contribution in [0.4, 0.5) is 0 Å². The summed E-state index contributed by atoms with van der Waals surface area (Å²) >= 11 is 1.51. The Morgan fingerprint density at radius 3 is 2.68 bits per heavy atom. The van der Waals surface area contributed by atoms with Crippen molar-refractivity contribution >= 4 is 17.2 Å². The van der Waals surface area contributed by atoms with Gasteiger partial charge in [-0.05, 0) is 38.3 Å². The molecule has 0 unspecified atom stereocenters. The highest BCUT2D eigenvalue weighted by Crippen LogP contribution is 2.31. The van der Waals surface area contributed by atoms with Gasteiger partial charge >= 0.3 is 0 Å². The van der Waals surface area contributed by atoms with E-state index >= 15 is 0 Å². The molecule has 0 atom stereocenters. The number of aromatic nitrogens is 2. The van der Waals surface area contributed by atoms with Crippen molar-refractivity contribution in [2.75, 3.05) is 20.2 Å². The average Bonchev–Trinajstić information content (AvgIpc) is 3.12. The van der Waals surface area contributed by atoms with Gasteiger partial charge in [-0.25, -0.2) is 0 Å². The first-order valence-electron chi connectivity index (χ1n) is 7.53. The van der Waals surface area contributed by atoms with Gasteiger partial charge in [-0.2, -0.15) is 5.10 Å². The predicted octanol–water partition coefficient (Wildman–Crippen LogP) is 3.05. The smallest absolute Gasteiger partial charge is 0.267 e. The first-order valence-corrected chi connectivity index (χ1v) is 8.34. The fourth-order valence-corrected chi connectivity index (χ4v) is 3.85. The summed E-state index contributed by atoms with van der Waals surface area (Å²) in [5, 5.41) is 4.39. The molecule has 6 heteroatoms. The van der Waals surface area contributed by atoms with Crippen molar-refractivity contribution in [1.29, 1.82) is 0 Å². The van der Waals surface area contributed by atoms with Gasteiger partial charge in [0.05, 0.1) is 19.3 Å². The zero-order chi connectivity index (χ0) is 15.7. The average molecular weight is 319 g/mol. The monoisotopic (exact) mass is 319 g/mol. The Labute approximate surface area is 134 Å². The van der Waals surface area contributed by atoms with Crippen LogP contribution in [0.3, 0.4) is 0 Å². The van der Waals surface area contributed by atoms with Gasteiger partial charge in [-0.15, -0.1) is 11.3 Å². The lowest BCUT2D eigenvalue weighted by molar-refractivity contribution is 0.0692. The number of methoxy groups -OCH3 is 1. The number of carbonyl (C=O) groups excluding carboxylic acids is 1. The Morgan fingerprint density at radius 2 is 2.09 bits per heavy atom. The van der Waals surface area contributed by atoms with E-state index in [1.54, 1.807) is 7.11 Å². The number of aryl methyl sites for hydroxylation is 2. The molecule has 118 valence electrons. The van der Waals surface area contributed by atoms with E-state index in [2.05, 4.69) is 11.3 Å². The number of thiophene rings is 1. The molecule has 1 amide bonds. The molecule has 0 aliphatic carbocycles. The van der Waals surface area contributed by atoms with Crippen molar-refractivity contribution in [3.63, 3.8) is 0 Å². The quantitative estimate of drug-likeness (QED) is 0.873. The third kappa shape index (κ3) is 2.88. The molecule has 1 aliphatic rings. The van der Waals surface area contributed by atoms with Crippen LogP contribution in [0.15, 0.2) is 18.5 Å². The van der Waals surface area contributed by atoms with Crippen LogP contribution in [0.5, 0.6) is 5.75 Å². The molecule has 0 saturated carbocycles. The predicted molar refractivity (Wildman–Crippen MR) is 86.7 cm³/mol. The standard InChI is InChI=1S/C16H21N3O2S/c1-11-9-17-19(10-11)13-4-6-18(7-5-13)16(20)15-14(21-3)8-12(2)22-15/h8-10,13H,4-7H2,1-3H3. The summed E-state index contributed by atoms with van der Waals surface area (Å²) in [6.45, 7) is 5.58. The zero-order valence-corrected chi connectivity index (χ0v) is 14.0. The molecule has 0 spiro atoms. The highest BCUT2D eigenvalue weighted by molar-refractivity contribution is 7.14. The van der Waals surface area contributed by atoms with Crippen molar-refractivity contribution in [3.05, 3.63) is 33.8 Å². The maximum atomic E-state index is 12.7. The van der Waals surface area contributed by atoms with E-state index < -0.39 is 0 Å². The number of piperidine rings is 1. The maximum absolute atomic E-state index is 12.7. The van der Waals surface area contributed by atoms with Crippen LogP contribution in [0, 0.1) is 13.8 Å². The first kappa shape index (κ1) is 15.1. The van der Waals surface area contributed by atoms with Crippen LogP contribution in [-0.4, -0.2) is 40.8 Å². The van der Waals surface area contributed by atoms with Crippen molar-refractivity contribution in [3.8, 4) is 5.75 Å². The number of carbonyl (C=O) groups is 1. The maximum Gasteiger partial charge on any atom is 0.267 e. The van der Waals surface area contributed by atoms with Gasteiger partial charge in [0, 0.05) is 24.2 Å². The Hall–Kier alpha value is -1.82. The topological polar surface area (TPSA) is 47.4 Å². The van der Waals surface area contributed by atoms with Gasteiger partial charge < -0.3 is 9.64 Å². The summed E-state index contributed by atoms with van der Waals surface area (Å²) in [4.78, 5) is 16.4. The van der Waals surface area contributed by atoms with E-state index in [1.807, 2.05) is 35.7 Å². The number of amides is 1. The number of ether oxygens (including phenoxy) is 1. The molecule has 3 heterocycles. The molecule has 0 bridgehead atoms. The molecule has 0 N–H and O–H groups in total. The van der Waals surface area contributed by atoms with Gasteiger partial charge in [0.2, 0.25) is 0 Å². The van der Waals surface area contributed by atoms with E-state index in [0.29, 0.717) is 16.7 Å². The Kier molecular flexibility index (Phi) is 4.20. The largest absolute Gasteiger partial charge is 0.495 e. The van der Waals surface area contributed by atoms with Crippen LogP contribution in [0.25, 0.3) is 0 Å². The lowest BCUT2D eigenvalue weighted by Gasteiger charge is -2.32. The van der Waals surface area contributed by atoms with Crippen LogP contribution < -0.4 is 4.74 Å². The Bertz CT molecular complexity index is 669. The van der Waals surface area contributed by atoms with E-state index in [4.69, 9.17) is 4.74 Å². The lowest BCUT2D eigenvalue weighted by Crippen LogP contribution is -2.39. The van der Waals surface area contributed by atoms with Crippen LogP contribution >= 0.6 is 11.3 Å². The summed E-state index contributed by atoms with van der Waals surface area (Å²) < 4.78 is 7.35. The first-order chi connectivity index (χ1) is 10.6. The zero-order valence-electron chi connectivity index (χ0n) is 13.2. The third-order valence-electron chi connectivity index (χ3n) is 4.09. The van der Waals surface area contributed by atoms with Gasteiger partial charge in [-0.3, -0.25) is 9.48 Å². The van der Waals surface area contributed by atoms with E-state index in [0.717, 1.165) is 30.8 Å². The minimum atomic E-state index is 0.0880. The van der Waals surface area contributed by atoms with Crippen molar-refractivity contribution in [1.82, 2.24) is 14.7 Å². The molecule has 3 rings (SSSR count). The summed E-state index contributed by atoms with van der Waals surface area (Å²) in [6.07, 6.45) is 5.85. The summed E-state index contributed by atoms with van der Waals surface area (Å²) in [7, 11) is 1.62. The fourth-order valence-electron chi connectivity index (χ4n) is 2.90. The van der Waals surface area contributed by atoms with Gasteiger partial charge in [0.25, 0.3) is 5.91 Å². The summed E-state index contributed by atoms with van der Waals surface area (Å²) in [6, 6.07) is 2.32. The van der Waals surface area contributed by atoms with Crippen LogP contribution in [0.1, 0.15) is 39.0 Å².